The van der Waals surface area contributed by atoms with Crippen molar-refractivity contribution >= 4 is 24.9 Å². The van der Waals surface area contributed by atoms with Crippen LogP contribution in [0, 0.1) is 0 Å². The molecule has 0 heterocycles. The van der Waals surface area contributed by atoms with Gasteiger partial charge in [-0.25, -0.2) is 4.79 Å². The molecule has 0 amide bonds. The zero-order valence-corrected chi connectivity index (χ0v) is 8.99. The van der Waals surface area contributed by atoms with Gasteiger partial charge in [0, 0.05) is 6.08 Å². The number of ether oxygens (including phenoxy) is 1. The third-order valence-electron chi connectivity index (χ3n) is 1.96. The molecular weight excluding hydrogens is 187 g/mol. The second-order valence-corrected chi connectivity index (χ2v) is 3.20. The Morgan fingerprint density at radius 2 is 2.27 bits per heavy atom. The van der Waals surface area contributed by atoms with Gasteiger partial charge in [-0.05, 0) is 25.0 Å². The Balaban J connectivity index is 2.84. The first-order valence-electron chi connectivity index (χ1n) is 4.84. The Hall–Kier alpha value is -1.51. The Morgan fingerprint density at radius 3 is 2.87 bits per heavy atom. The van der Waals surface area contributed by atoms with E-state index in [-0.39, 0.29) is 5.97 Å². The Bertz CT molecular complexity index is 383. The van der Waals surface area contributed by atoms with Crippen LogP contribution in [0.25, 0.3) is 5.57 Å². The van der Waals surface area contributed by atoms with Crippen molar-refractivity contribution in [2.24, 2.45) is 0 Å². The van der Waals surface area contributed by atoms with Crippen molar-refractivity contribution in [3.05, 3.63) is 35.9 Å². The first kappa shape index (κ1) is 11.6. The third kappa shape index (κ3) is 3.62. The molecule has 0 spiro atoms. The lowest BCUT2D eigenvalue weighted by molar-refractivity contribution is -0.137. The molecule has 1 aromatic carbocycles. The molecule has 0 bridgehead atoms. The third-order valence-corrected chi connectivity index (χ3v) is 1.96. The molecule has 0 saturated heterocycles. The maximum absolute atomic E-state index is 11.2. The van der Waals surface area contributed by atoms with Crippen LogP contribution in [0.3, 0.4) is 0 Å². The number of hydrogen-bond donors (Lipinski definition) is 0. The molecule has 2 nitrogen and oxygen atoms in total. The molecule has 0 aliphatic carbocycles. The lowest BCUT2D eigenvalue weighted by Crippen LogP contribution is -2.03. The van der Waals surface area contributed by atoms with Crippen molar-refractivity contribution in [3.8, 4) is 0 Å². The molecule has 0 fully saturated rings. The van der Waals surface area contributed by atoms with E-state index < -0.39 is 0 Å². The van der Waals surface area contributed by atoms with Crippen LogP contribution in [0.4, 0.5) is 0 Å². The first-order valence-corrected chi connectivity index (χ1v) is 4.84. The van der Waals surface area contributed by atoms with E-state index in [1.807, 2.05) is 25.1 Å². The summed E-state index contributed by atoms with van der Waals surface area (Å²) < 4.78 is 4.82. The van der Waals surface area contributed by atoms with E-state index in [2.05, 4.69) is 0 Å². The summed E-state index contributed by atoms with van der Waals surface area (Å²) in [6.45, 7) is 4.02. The largest absolute Gasteiger partial charge is 0.463 e. The van der Waals surface area contributed by atoms with Crippen LogP contribution in [0.1, 0.15) is 19.4 Å². The van der Waals surface area contributed by atoms with E-state index in [9.17, 15) is 4.79 Å². The molecule has 2 radical (unpaired) electrons. The van der Waals surface area contributed by atoms with Gasteiger partial charge in [-0.3, -0.25) is 0 Å². The van der Waals surface area contributed by atoms with Gasteiger partial charge < -0.3 is 4.74 Å². The lowest BCUT2D eigenvalue weighted by Gasteiger charge is -2.03. The summed E-state index contributed by atoms with van der Waals surface area (Å²) in [6.07, 6.45) is 1.47. The summed E-state index contributed by atoms with van der Waals surface area (Å²) in [6, 6.07) is 7.39. The van der Waals surface area contributed by atoms with E-state index in [4.69, 9.17) is 12.6 Å². The Labute approximate surface area is 91.4 Å². The minimum Gasteiger partial charge on any atom is -0.463 e. The van der Waals surface area contributed by atoms with Crippen LogP contribution in [-0.2, 0) is 9.53 Å². The summed E-state index contributed by atoms with van der Waals surface area (Å²) in [4.78, 5) is 11.2. The van der Waals surface area contributed by atoms with Gasteiger partial charge in [-0.15, -0.1) is 0 Å². The summed E-state index contributed by atoms with van der Waals surface area (Å²) in [5.74, 6) is -0.322. The number of benzene rings is 1. The van der Waals surface area contributed by atoms with Crippen molar-refractivity contribution in [1.29, 1.82) is 0 Å². The van der Waals surface area contributed by atoms with E-state index >= 15 is 0 Å². The fraction of sp³-hybridized carbons (Fsp3) is 0.250. The zero-order valence-electron chi connectivity index (χ0n) is 8.99. The van der Waals surface area contributed by atoms with Crippen molar-refractivity contribution < 1.29 is 9.53 Å². The topological polar surface area (TPSA) is 26.3 Å². The second-order valence-electron chi connectivity index (χ2n) is 3.20. The monoisotopic (exact) mass is 200 g/mol. The molecule has 0 saturated carbocycles. The minimum atomic E-state index is -0.322. The number of hydrogen-bond acceptors (Lipinski definition) is 2. The van der Waals surface area contributed by atoms with E-state index in [0.717, 1.165) is 11.1 Å². The average molecular weight is 200 g/mol. The highest BCUT2D eigenvalue weighted by Crippen LogP contribution is 2.11. The number of carbonyl (C=O) groups is 1. The molecule has 15 heavy (non-hydrogen) atoms. The second kappa shape index (κ2) is 5.39. The highest BCUT2D eigenvalue weighted by molar-refractivity contribution is 6.32. The standard InChI is InChI=1S/C12H13BO2/c1-3-15-12(14)7-9(2)10-5-4-6-11(13)8-10/h4-8H,3H2,1-2H3/b9-7+. The molecule has 0 N–H and O–H groups in total. The summed E-state index contributed by atoms with van der Waals surface area (Å²) in [7, 11) is 5.64. The molecule has 76 valence electrons. The number of esters is 1. The molecule has 0 aromatic heterocycles. The average Bonchev–Trinajstić information content (AvgIpc) is 2.18. The van der Waals surface area contributed by atoms with Gasteiger partial charge in [0.2, 0.25) is 0 Å². The molecule has 0 unspecified atom stereocenters. The van der Waals surface area contributed by atoms with Crippen LogP contribution >= 0.6 is 0 Å². The highest BCUT2D eigenvalue weighted by atomic mass is 16.5. The Morgan fingerprint density at radius 1 is 1.53 bits per heavy atom. The molecule has 1 rings (SSSR count). The van der Waals surface area contributed by atoms with Crippen LogP contribution in [-0.4, -0.2) is 20.4 Å². The van der Waals surface area contributed by atoms with E-state index in [1.54, 1.807) is 13.0 Å². The number of carbonyl (C=O) groups excluding carboxylic acids is 1. The molecule has 0 aliphatic heterocycles. The summed E-state index contributed by atoms with van der Waals surface area (Å²) >= 11 is 0. The summed E-state index contributed by atoms with van der Waals surface area (Å²) in [5.41, 5.74) is 2.47. The van der Waals surface area contributed by atoms with Gasteiger partial charge >= 0.3 is 5.97 Å². The predicted molar refractivity (Wildman–Crippen MR) is 62.1 cm³/mol. The van der Waals surface area contributed by atoms with Gasteiger partial charge in [-0.2, -0.15) is 0 Å². The van der Waals surface area contributed by atoms with Crippen molar-refractivity contribution in [2.75, 3.05) is 6.61 Å². The maximum atomic E-state index is 11.2. The summed E-state index contributed by atoms with van der Waals surface area (Å²) in [5, 5.41) is 0. The molecule has 1 aromatic rings. The molecular formula is C12H13BO2. The predicted octanol–water partition coefficient (Wildman–Crippen LogP) is 1.45. The molecule has 0 atom stereocenters. The van der Waals surface area contributed by atoms with E-state index in [0.29, 0.717) is 12.1 Å². The fourth-order valence-electron chi connectivity index (χ4n) is 1.23. The van der Waals surface area contributed by atoms with Crippen molar-refractivity contribution in [1.82, 2.24) is 0 Å². The van der Waals surface area contributed by atoms with Gasteiger partial charge in [0.15, 0.2) is 0 Å². The maximum Gasteiger partial charge on any atom is 0.331 e. The lowest BCUT2D eigenvalue weighted by atomic mass is 9.92. The van der Waals surface area contributed by atoms with Gasteiger partial charge in [0.25, 0.3) is 0 Å². The van der Waals surface area contributed by atoms with E-state index in [1.165, 1.54) is 6.08 Å². The smallest absolute Gasteiger partial charge is 0.331 e. The normalized spacial score (nSPS) is 11.2. The molecule has 3 heteroatoms. The number of rotatable bonds is 3. The van der Waals surface area contributed by atoms with Crippen LogP contribution < -0.4 is 5.46 Å². The van der Waals surface area contributed by atoms with Crippen LogP contribution in [0.2, 0.25) is 0 Å². The van der Waals surface area contributed by atoms with Gasteiger partial charge in [0.1, 0.15) is 7.85 Å². The van der Waals surface area contributed by atoms with Gasteiger partial charge in [-0.1, -0.05) is 29.7 Å². The number of allylic oxidation sites excluding steroid dienone is 1. The minimum absolute atomic E-state index is 0.322. The first-order chi connectivity index (χ1) is 7.13. The zero-order chi connectivity index (χ0) is 11.3. The SMILES string of the molecule is [B]c1cccc(/C(C)=C/C(=O)OCC)c1. The molecule has 0 aliphatic rings. The highest BCUT2D eigenvalue weighted by Gasteiger charge is 2.00. The van der Waals surface area contributed by atoms with Crippen molar-refractivity contribution in [2.45, 2.75) is 13.8 Å². The van der Waals surface area contributed by atoms with Gasteiger partial charge in [0.05, 0.1) is 6.61 Å². The van der Waals surface area contributed by atoms with Crippen LogP contribution in [0.15, 0.2) is 30.3 Å². The Kier molecular flexibility index (Phi) is 4.16. The van der Waals surface area contributed by atoms with Crippen LogP contribution in [0.5, 0.6) is 0 Å². The fourth-order valence-corrected chi connectivity index (χ4v) is 1.23. The van der Waals surface area contributed by atoms with Crippen molar-refractivity contribution in [3.63, 3.8) is 0 Å². The quantitative estimate of drug-likeness (QED) is 0.419.